The molecule has 53 heavy (non-hydrogen) atoms. The number of phenolic OH excluding ortho intramolecular Hbond substituents is 2. The minimum atomic E-state index is -0.832. The van der Waals surface area contributed by atoms with Gasteiger partial charge in [-0.2, -0.15) is 0 Å². The van der Waals surface area contributed by atoms with Gasteiger partial charge in [0.25, 0.3) is 0 Å². The van der Waals surface area contributed by atoms with Crippen LogP contribution < -0.4 is 25.1 Å². The van der Waals surface area contributed by atoms with E-state index in [9.17, 15) is 20.1 Å². The van der Waals surface area contributed by atoms with E-state index in [0.29, 0.717) is 43.4 Å². The zero-order chi connectivity index (χ0) is 36.7. The molecule has 10 nitrogen and oxygen atoms in total. The van der Waals surface area contributed by atoms with Gasteiger partial charge in [0.05, 0.1) is 36.8 Å². The standard InChI is InChI=1S/C43H45N3O7/c1-3-30-23-33-28-8-6-7-26(21-28)22-29(9-12-31-25-46(19-18-44-31)42(33)45-30)36-38(49)41(51-2)40(52-20-17-43(50)15-4-5-16-43)37-34(48)24-35(53-39(36)37)27-10-13-32(47)14-11-27/h6-8,10-11,13-14,21,23-24,29,31,44-45,47,49-50H,3-5,15-20,22,25H2,1-2H3/t29-,31+/m1/s1. The fourth-order valence-corrected chi connectivity index (χ4v) is 8.13. The minimum absolute atomic E-state index is 0.0169. The number of hydrogen-bond acceptors (Lipinski definition) is 9. The topological polar surface area (TPSA) is 140 Å². The number of anilines is 1. The number of phenols is 2. The average molecular weight is 716 g/mol. The Kier molecular flexibility index (Phi) is 9.31. The number of piperazine rings is 1. The largest absolute Gasteiger partial charge is 0.508 e. The lowest BCUT2D eigenvalue weighted by Gasteiger charge is -2.33. The van der Waals surface area contributed by atoms with Crippen molar-refractivity contribution in [3.8, 4) is 57.3 Å². The van der Waals surface area contributed by atoms with Crippen molar-refractivity contribution in [2.75, 3.05) is 38.3 Å². The number of aromatic nitrogens is 1. The molecule has 2 atom stereocenters. The second-order valence-electron chi connectivity index (χ2n) is 14.5. The summed E-state index contributed by atoms with van der Waals surface area (Å²) < 4.78 is 18.7. The Balaban J connectivity index is 1.32. The highest BCUT2D eigenvalue weighted by atomic mass is 16.5. The average Bonchev–Trinajstić information content (AvgIpc) is 3.80. The number of aromatic amines is 1. The van der Waals surface area contributed by atoms with E-state index < -0.39 is 11.5 Å². The third-order valence-corrected chi connectivity index (χ3v) is 11.0. The van der Waals surface area contributed by atoms with Crippen molar-refractivity contribution in [1.82, 2.24) is 10.3 Å². The number of benzene rings is 3. The Labute approximate surface area is 308 Å². The highest BCUT2D eigenvalue weighted by Crippen LogP contribution is 2.49. The molecule has 8 rings (SSSR count). The first-order chi connectivity index (χ1) is 25.7. The third-order valence-electron chi connectivity index (χ3n) is 11.0. The lowest BCUT2D eigenvalue weighted by atomic mass is 9.88. The van der Waals surface area contributed by atoms with Crippen LogP contribution in [0.25, 0.3) is 33.4 Å². The Morgan fingerprint density at radius 1 is 1.02 bits per heavy atom. The molecule has 0 amide bonds. The van der Waals surface area contributed by atoms with Gasteiger partial charge in [0.2, 0.25) is 5.75 Å². The lowest BCUT2D eigenvalue weighted by Crippen LogP contribution is -2.50. The number of rotatable bonds is 8. The molecule has 3 aromatic carbocycles. The first-order valence-electron chi connectivity index (χ1n) is 18.6. The number of fused-ring (bicyclic) bond motifs is 8. The number of methoxy groups -OCH3 is 1. The van der Waals surface area contributed by atoms with Crippen LogP contribution in [-0.4, -0.2) is 65.3 Å². The molecule has 1 aliphatic carbocycles. The number of nitrogens with zero attached hydrogens (tertiary/aromatic N) is 1. The van der Waals surface area contributed by atoms with Crippen LogP contribution >= 0.6 is 0 Å². The molecule has 5 N–H and O–H groups in total. The normalized spacial score (nSPS) is 19.1. The van der Waals surface area contributed by atoms with Crippen molar-refractivity contribution in [3.63, 3.8) is 0 Å². The summed E-state index contributed by atoms with van der Waals surface area (Å²) >= 11 is 0. The van der Waals surface area contributed by atoms with Crippen LogP contribution in [0.1, 0.15) is 61.8 Å². The molecule has 4 heterocycles. The summed E-state index contributed by atoms with van der Waals surface area (Å²) in [7, 11) is 1.43. The van der Waals surface area contributed by atoms with E-state index in [1.807, 2.05) is 6.07 Å². The van der Waals surface area contributed by atoms with Gasteiger partial charge >= 0.3 is 0 Å². The number of aromatic hydroxyl groups is 2. The maximum Gasteiger partial charge on any atom is 0.204 e. The van der Waals surface area contributed by atoms with Crippen LogP contribution in [0.3, 0.4) is 0 Å². The number of ether oxygens (including phenoxy) is 2. The SMILES string of the molecule is CCc1cc2c([nH]1)N1CCN[C@@H](C#C[C@@H](c3c(O)c(OC)c(OCCC4(O)CCCC4)c4c(=O)cc(-c5ccc(O)cc5)oc34)Cc3cccc-2c3)C1. The van der Waals surface area contributed by atoms with Crippen molar-refractivity contribution >= 4 is 16.8 Å². The van der Waals surface area contributed by atoms with Gasteiger partial charge in [-0.1, -0.05) is 55.9 Å². The van der Waals surface area contributed by atoms with Gasteiger partial charge in [-0.15, -0.1) is 0 Å². The monoisotopic (exact) mass is 715 g/mol. The third kappa shape index (κ3) is 6.71. The van der Waals surface area contributed by atoms with Crippen LogP contribution in [0.4, 0.5) is 5.82 Å². The predicted octanol–water partition coefficient (Wildman–Crippen LogP) is 6.63. The van der Waals surface area contributed by atoms with Crippen molar-refractivity contribution in [2.24, 2.45) is 0 Å². The van der Waals surface area contributed by atoms with Crippen LogP contribution in [0.5, 0.6) is 23.0 Å². The lowest BCUT2D eigenvalue weighted by molar-refractivity contribution is 0.0256. The van der Waals surface area contributed by atoms with Gasteiger partial charge < -0.3 is 44.4 Å². The molecule has 10 heteroatoms. The summed E-state index contributed by atoms with van der Waals surface area (Å²) in [4.78, 5) is 20.3. The minimum Gasteiger partial charge on any atom is -0.508 e. The van der Waals surface area contributed by atoms with Crippen LogP contribution in [0, 0.1) is 11.8 Å². The Morgan fingerprint density at radius 2 is 1.83 bits per heavy atom. The van der Waals surface area contributed by atoms with Crippen molar-refractivity contribution in [3.05, 3.63) is 87.7 Å². The Morgan fingerprint density at radius 3 is 2.60 bits per heavy atom. The van der Waals surface area contributed by atoms with Crippen LogP contribution in [-0.2, 0) is 12.8 Å². The van der Waals surface area contributed by atoms with Crippen LogP contribution in [0.15, 0.2) is 69.9 Å². The molecule has 1 saturated heterocycles. The first kappa shape index (κ1) is 34.7. The molecular formula is C43H45N3O7. The van der Waals surface area contributed by atoms with Crippen molar-refractivity contribution in [2.45, 2.75) is 69.4 Å². The Hall–Kier alpha value is -5.37. The van der Waals surface area contributed by atoms with E-state index in [2.05, 4.69) is 58.2 Å². The maximum atomic E-state index is 14.3. The van der Waals surface area contributed by atoms with E-state index in [-0.39, 0.29) is 57.8 Å². The summed E-state index contributed by atoms with van der Waals surface area (Å²) in [6.07, 6.45) is 4.95. The van der Waals surface area contributed by atoms with Gasteiger partial charge in [0, 0.05) is 48.9 Å². The smallest absolute Gasteiger partial charge is 0.204 e. The van der Waals surface area contributed by atoms with E-state index in [1.54, 1.807) is 12.1 Å². The fraction of sp³-hybridized carbons (Fsp3) is 0.372. The predicted molar refractivity (Wildman–Crippen MR) is 205 cm³/mol. The molecule has 2 aromatic heterocycles. The molecule has 2 aliphatic heterocycles. The maximum absolute atomic E-state index is 14.3. The quantitative estimate of drug-likeness (QED) is 0.112. The van der Waals surface area contributed by atoms with E-state index in [0.717, 1.165) is 60.6 Å². The number of aryl methyl sites for hydroxylation is 1. The van der Waals surface area contributed by atoms with Gasteiger partial charge in [0.15, 0.2) is 22.5 Å². The molecule has 1 saturated carbocycles. The van der Waals surface area contributed by atoms with Crippen LogP contribution in [0.2, 0.25) is 0 Å². The van der Waals surface area contributed by atoms with Gasteiger partial charge in [-0.3, -0.25) is 4.79 Å². The fourth-order valence-electron chi connectivity index (χ4n) is 8.13. The second kappa shape index (κ2) is 14.2. The summed E-state index contributed by atoms with van der Waals surface area (Å²) in [5.41, 5.74) is 4.21. The van der Waals surface area contributed by atoms with Crippen molar-refractivity contribution < 1.29 is 29.2 Å². The van der Waals surface area contributed by atoms with E-state index in [4.69, 9.17) is 13.9 Å². The molecule has 4 bridgehead atoms. The molecule has 5 aromatic rings. The van der Waals surface area contributed by atoms with E-state index in [1.165, 1.54) is 25.3 Å². The number of nitrogens with one attached hydrogen (secondary N) is 2. The summed E-state index contributed by atoms with van der Waals surface area (Å²) in [6.45, 7) is 4.49. The highest BCUT2D eigenvalue weighted by molar-refractivity contribution is 5.94. The number of aliphatic hydroxyl groups is 1. The first-order valence-corrected chi connectivity index (χ1v) is 18.6. The molecule has 274 valence electrons. The van der Waals surface area contributed by atoms with Gasteiger partial charge in [-0.05, 0) is 67.1 Å². The highest BCUT2D eigenvalue weighted by Gasteiger charge is 2.34. The van der Waals surface area contributed by atoms with Gasteiger partial charge in [-0.25, -0.2) is 0 Å². The van der Waals surface area contributed by atoms with Crippen molar-refractivity contribution in [1.29, 1.82) is 0 Å². The molecule has 3 aliphatic rings. The zero-order valence-electron chi connectivity index (χ0n) is 30.1. The Bertz CT molecular complexity index is 2270. The molecule has 2 fully saturated rings. The molecule has 0 spiro atoms. The number of H-pyrrole nitrogens is 1. The zero-order valence-corrected chi connectivity index (χ0v) is 30.1. The molecular weight excluding hydrogens is 670 g/mol. The summed E-state index contributed by atoms with van der Waals surface area (Å²) in [5, 5.41) is 36.9. The molecule has 0 unspecified atom stereocenters. The number of hydrogen-bond donors (Lipinski definition) is 5. The second-order valence-corrected chi connectivity index (χ2v) is 14.5. The van der Waals surface area contributed by atoms with E-state index >= 15 is 0 Å². The summed E-state index contributed by atoms with van der Waals surface area (Å²) in [6, 6.07) is 18.2. The molecule has 0 radical (unpaired) electrons. The summed E-state index contributed by atoms with van der Waals surface area (Å²) in [5.74, 6) is 7.66. The van der Waals surface area contributed by atoms with Gasteiger partial charge in [0.1, 0.15) is 22.7 Å².